The van der Waals surface area contributed by atoms with Gasteiger partial charge in [-0.05, 0) is 48.7 Å². The summed E-state index contributed by atoms with van der Waals surface area (Å²) in [7, 11) is 0. The fourth-order valence-electron chi connectivity index (χ4n) is 1.91. The van der Waals surface area contributed by atoms with E-state index in [1.54, 1.807) is 12.1 Å². The molecule has 104 valence electrons. The topological polar surface area (TPSA) is 64.3 Å². The van der Waals surface area contributed by atoms with Gasteiger partial charge in [-0.2, -0.15) is 0 Å². The smallest absolute Gasteiger partial charge is 0.265 e. The maximum Gasteiger partial charge on any atom is 0.265 e. The summed E-state index contributed by atoms with van der Waals surface area (Å²) in [5, 5.41) is 0. The summed E-state index contributed by atoms with van der Waals surface area (Å²) in [5.41, 5.74) is 5.81. The quantitative estimate of drug-likeness (QED) is 0.509. The van der Waals surface area contributed by atoms with E-state index in [0.29, 0.717) is 12.2 Å². The van der Waals surface area contributed by atoms with Crippen molar-refractivity contribution in [3.8, 4) is 5.75 Å². The van der Waals surface area contributed by atoms with Crippen LogP contribution in [0.5, 0.6) is 5.75 Å². The Labute approximate surface area is 118 Å². The molecule has 0 saturated carbocycles. The first-order chi connectivity index (χ1) is 9.60. The monoisotopic (exact) mass is 270 g/mol. The number of nitrogens with one attached hydrogen (secondary N) is 1. The molecule has 0 spiro atoms. The van der Waals surface area contributed by atoms with Gasteiger partial charge in [0, 0.05) is 5.56 Å². The molecule has 0 saturated heterocycles. The standard InChI is InChI=1S/C16H18N2O2/c1-11-6-7-12(2)15(8-11)20-10-13-4-3-5-14(9-13)16(19)18-17/h3-9H,10,17H2,1-2H3,(H,18,19). The van der Waals surface area contributed by atoms with E-state index in [0.717, 1.165) is 22.4 Å². The van der Waals surface area contributed by atoms with Crippen LogP contribution in [-0.4, -0.2) is 5.91 Å². The summed E-state index contributed by atoms with van der Waals surface area (Å²) in [6.45, 7) is 4.45. The Morgan fingerprint density at radius 1 is 1.20 bits per heavy atom. The van der Waals surface area contributed by atoms with Crippen LogP contribution in [0.2, 0.25) is 0 Å². The fraction of sp³-hybridized carbons (Fsp3) is 0.188. The molecule has 0 bridgehead atoms. The minimum absolute atomic E-state index is 0.307. The number of ether oxygens (including phenoxy) is 1. The van der Waals surface area contributed by atoms with E-state index >= 15 is 0 Å². The van der Waals surface area contributed by atoms with Crippen LogP contribution >= 0.6 is 0 Å². The van der Waals surface area contributed by atoms with Crippen LogP contribution in [0.1, 0.15) is 27.0 Å². The second kappa shape index (κ2) is 6.21. The van der Waals surface area contributed by atoms with E-state index < -0.39 is 0 Å². The average Bonchev–Trinajstić information content (AvgIpc) is 2.47. The number of rotatable bonds is 4. The summed E-state index contributed by atoms with van der Waals surface area (Å²) >= 11 is 0. The highest BCUT2D eigenvalue weighted by Crippen LogP contribution is 2.20. The number of benzene rings is 2. The first kappa shape index (κ1) is 14.1. The van der Waals surface area contributed by atoms with Crippen molar-refractivity contribution in [3.63, 3.8) is 0 Å². The molecule has 0 unspecified atom stereocenters. The van der Waals surface area contributed by atoms with Crippen molar-refractivity contribution >= 4 is 5.91 Å². The Balaban J connectivity index is 2.11. The lowest BCUT2D eigenvalue weighted by molar-refractivity contribution is 0.0953. The van der Waals surface area contributed by atoms with Crippen molar-refractivity contribution in [1.29, 1.82) is 0 Å². The van der Waals surface area contributed by atoms with E-state index in [9.17, 15) is 4.79 Å². The minimum Gasteiger partial charge on any atom is -0.489 e. The number of nitrogen functional groups attached to an aromatic ring is 1. The first-order valence-electron chi connectivity index (χ1n) is 6.40. The van der Waals surface area contributed by atoms with Crippen molar-refractivity contribution in [2.24, 2.45) is 5.84 Å². The van der Waals surface area contributed by atoms with Crippen LogP contribution in [0.15, 0.2) is 42.5 Å². The highest BCUT2D eigenvalue weighted by Gasteiger charge is 2.05. The lowest BCUT2D eigenvalue weighted by Crippen LogP contribution is -2.30. The number of hydrazine groups is 1. The molecule has 0 fully saturated rings. The molecule has 1 amide bonds. The lowest BCUT2D eigenvalue weighted by Gasteiger charge is -2.10. The maximum atomic E-state index is 11.5. The van der Waals surface area contributed by atoms with Gasteiger partial charge in [0.25, 0.3) is 5.91 Å². The number of carbonyl (C=O) groups excluding carboxylic acids is 1. The molecule has 0 atom stereocenters. The molecule has 4 heteroatoms. The van der Waals surface area contributed by atoms with Crippen LogP contribution in [0.25, 0.3) is 0 Å². The molecule has 2 aromatic rings. The molecule has 2 rings (SSSR count). The number of aryl methyl sites for hydroxylation is 2. The van der Waals surface area contributed by atoms with Crippen molar-refractivity contribution in [1.82, 2.24) is 5.43 Å². The van der Waals surface area contributed by atoms with Gasteiger partial charge in [-0.25, -0.2) is 5.84 Å². The van der Waals surface area contributed by atoms with Gasteiger partial charge in [-0.15, -0.1) is 0 Å². The number of amides is 1. The van der Waals surface area contributed by atoms with Crippen LogP contribution in [0, 0.1) is 13.8 Å². The van der Waals surface area contributed by atoms with Gasteiger partial charge in [0.1, 0.15) is 12.4 Å². The number of carbonyl (C=O) groups is 1. The van der Waals surface area contributed by atoms with E-state index in [2.05, 4.69) is 11.5 Å². The zero-order chi connectivity index (χ0) is 14.5. The second-order valence-corrected chi connectivity index (χ2v) is 4.73. The summed E-state index contributed by atoms with van der Waals surface area (Å²) < 4.78 is 5.81. The van der Waals surface area contributed by atoms with Gasteiger partial charge >= 0.3 is 0 Å². The highest BCUT2D eigenvalue weighted by atomic mass is 16.5. The average molecular weight is 270 g/mol. The fourth-order valence-corrected chi connectivity index (χ4v) is 1.91. The van der Waals surface area contributed by atoms with Crippen molar-refractivity contribution in [2.75, 3.05) is 0 Å². The van der Waals surface area contributed by atoms with Gasteiger partial charge in [-0.3, -0.25) is 10.2 Å². The van der Waals surface area contributed by atoms with Crippen molar-refractivity contribution in [3.05, 3.63) is 64.7 Å². The minimum atomic E-state index is -0.307. The maximum absolute atomic E-state index is 11.5. The number of hydrogen-bond donors (Lipinski definition) is 2. The molecule has 0 aromatic heterocycles. The molecule has 3 N–H and O–H groups in total. The molecule has 20 heavy (non-hydrogen) atoms. The third-order valence-electron chi connectivity index (χ3n) is 3.06. The third-order valence-corrected chi connectivity index (χ3v) is 3.06. The Bertz CT molecular complexity index is 624. The second-order valence-electron chi connectivity index (χ2n) is 4.73. The number of nitrogens with two attached hydrogens (primary N) is 1. The van der Waals surface area contributed by atoms with Crippen LogP contribution in [-0.2, 0) is 6.61 Å². The summed E-state index contributed by atoms with van der Waals surface area (Å²) in [4.78, 5) is 11.5. The molecule has 2 aromatic carbocycles. The summed E-state index contributed by atoms with van der Waals surface area (Å²) in [5.74, 6) is 5.68. The molecule has 0 aliphatic rings. The molecular weight excluding hydrogens is 252 g/mol. The predicted molar refractivity (Wildman–Crippen MR) is 78.3 cm³/mol. The van der Waals surface area contributed by atoms with Crippen LogP contribution in [0.3, 0.4) is 0 Å². The molecule has 0 aliphatic heterocycles. The molecule has 0 radical (unpaired) electrons. The van der Waals surface area contributed by atoms with Crippen LogP contribution < -0.4 is 16.0 Å². The van der Waals surface area contributed by atoms with E-state index in [1.807, 2.05) is 38.1 Å². The summed E-state index contributed by atoms with van der Waals surface area (Å²) in [6.07, 6.45) is 0. The third kappa shape index (κ3) is 3.36. The molecule has 4 nitrogen and oxygen atoms in total. The Hall–Kier alpha value is -2.33. The molecular formula is C16H18N2O2. The van der Waals surface area contributed by atoms with E-state index in [-0.39, 0.29) is 5.91 Å². The van der Waals surface area contributed by atoms with Crippen molar-refractivity contribution < 1.29 is 9.53 Å². The Kier molecular flexibility index (Phi) is 4.38. The Morgan fingerprint density at radius 3 is 2.75 bits per heavy atom. The van der Waals surface area contributed by atoms with Gasteiger partial charge < -0.3 is 4.74 Å². The normalized spacial score (nSPS) is 10.2. The van der Waals surface area contributed by atoms with Gasteiger partial charge in [0.05, 0.1) is 0 Å². The highest BCUT2D eigenvalue weighted by molar-refractivity contribution is 5.93. The largest absolute Gasteiger partial charge is 0.489 e. The Morgan fingerprint density at radius 2 is 2.00 bits per heavy atom. The zero-order valence-corrected chi connectivity index (χ0v) is 11.6. The summed E-state index contributed by atoms with van der Waals surface area (Å²) in [6, 6.07) is 13.3. The molecule has 0 heterocycles. The first-order valence-corrected chi connectivity index (χ1v) is 6.40. The lowest BCUT2D eigenvalue weighted by atomic mass is 10.1. The van der Waals surface area contributed by atoms with Gasteiger partial charge in [0.2, 0.25) is 0 Å². The zero-order valence-electron chi connectivity index (χ0n) is 11.6. The van der Waals surface area contributed by atoms with Crippen LogP contribution in [0.4, 0.5) is 0 Å². The van der Waals surface area contributed by atoms with Gasteiger partial charge in [0.15, 0.2) is 0 Å². The predicted octanol–water partition coefficient (Wildman–Crippen LogP) is 2.49. The molecule has 0 aliphatic carbocycles. The number of hydrogen-bond acceptors (Lipinski definition) is 3. The van der Waals surface area contributed by atoms with E-state index in [1.165, 1.54) is 0 Å². The van der Waals surface area contributed by atoms with Gasteiger partial charge in [-0.1, -0.05) is 24.3 Å². The van der Waals surface area contributed by atoms with Crippen molar-refractivity contribution in [2.45, 2.75) is 20.5 Å². The van der Waals surface area contributed by atoms with E-state index in [4.69, 9.17) is 10.6 Å². The SMILES string of the molecule is Cc1ccc(C)c(OCc2cccc(C(=O)NN)c2)c1.